The third-order valence-electron chi connectivity index (χ3n) is 2.77. The maximum atomic E-state index is 10.7. The van der Waals surface area contributed by atoms with Crippen LogP contribution in [0.15, 0.2) is 12.4 Å². The van der Waals surface area contributed by atoms with Crippen molar-refractivity contribution in [2.24, 2.45) is 0 Å². The summed E-state index contributed by atoms with van der Waals surface area (Å²) in [4.78, 5) is 20.9. The van der Waals surface area contributed by atoms with E-state index < -0.39 is 5.97 Å². The molecule has 1 aliphatic heterocycles. The van der Waals surface area contributed by atoms with Gasteiger partial charge in [0, 0.05) is 18.9 Å². The van der Waals surface area contributed by atoms with Crippen LogP contribution in [-0.2, 0) is 4.74 Å². The number of hydrogen-bond donors (Lipinski definition) is 1. The lowest BCUT2D eigenvalue weighted by atomic mass is 10.0. The Morgan fingerprint density at radius 2 is 2.12 bits per heavy atom. The van der Waals surface area contributed by atoms with Crippen molar-refractivity contribution in [2.45, 2.75) is 19.4 Å². The second kappa shape index (κ2) is 4.29. The van der Waals surface area contributed by atoms with Gasteiger partial charge in [-0.2, -0.15) is 0 Å². The predicted molar refractivity (Wildman–Crippen MR) is 61.2 cm³/mol. The van der Waals surface area contributed by atoms with Crippen molar-refractivity contribution in [1.29, 1.82) is 0 Å². The Balaban J connectivity index is 2.24. The summed E-state index contributed by atoms with van der Waals surface area (Å²) < 4.78 is 5.41. The Labute approximate surface area is 99.2 Å². The second-order valence-electron chi connectivity index (χ2n) is 4.59. The maximum absolute atomic E-state index is 10.7. The van der Waals surface area contributed by atoms with E-state index in [9.17, 15) is 4.79 Å². The van der Waals surface area contributed by atoms with Crippen molar-refractivity contribution in [3.8, 4) is 0 Å². The van der Waals surface area contributed by atoms with Crippen LogP contribution in [0.5, 0.6) is 0 Å². The number of nitrogens with zero attached hydrogens (tertiary/aromatic N) is 3. The number of morpholine rings is 1. The number of carboxylic acids is 1. The van der Waals surface area contributed by atoms with Crippen molar-refractivity contribution in [3.05, 3.63) is 18.0 Å². The van der Waals surface area contributed by atoms with Crippen LogP contribution in [0, 0.1) is 0 Å². The molecule has 0 radical (unpaired) electrons. The van der Waals surface area contributed by atoms with E-state index in [1.54, 1.807) is 0 Å². The van der Waals surface area contributed by atoms with E-state index in [0.717, 1.165) is 0 Å². The minimum Gasteiger partial charge on any atom is -0.478 e. The lowest BCUT2D eigenvalue weighted by Crippen LogP contribution is -2.53. The molecule has 1 fully saturated rings. The van der Waals surface area contributed by atoms with Crippen molar-refractivity contribution < 1.29 is 14.6 Å². The average Bonchev–Trinajstić information content (AvgIpc) is 2.28. The van der Waals surface area contributed by atoms with Crippen LogP contribution in [0.25, 0.3) is 0 Å². The summed E-state index contributed by atoms with van der Waals surface area (Å²) in [5.74, 6) is -0.471. The van der Waals surface area contributed by atoms with Gasteiger partial charge in [-0.3, -0.25) is 0 Å². The third-order valence-corrected chi connectivity index (χ3v) is 2.77. The van der Waals surface area contributed by atoms with Crippen molar-refractivity contribution in [1.82, 2.24) is 9.97 Å². The SMILES string of the molecule is CC1(C)COCCN1c1ncc(C(=O)O)cn1. The molecule has 0 saturated carbocycles. The fourth-order valence-corrected chi connectivity index (χ4v) is 1.80. The van der Waals surface area contributed by atoms with Crippen molar-refractivity contribution in [3.63, 3.8) is 0 Å². The number of carbonyl (C=O) groups is 1. The predicted octanol–water partition coefficient (Wildman–Crippen LogP) is 0.790. The molecule has 1 N–H and O–H groups in total. The molecule has 0 aromatic carbocycles. The molecule has 6 heteroatoms. The molecule has 92 valence electrons. The fraction of sp³-hybridized carbons (Fsp3) is 0.545. The number of rotatable bonds is 2. The summed E-state index contributed by atoms with van der Waals surface area (Å²) in [7, 11) is 0. The van der Waals surface area contributed by atoms with Crippen LogP contribution in [0.3, 0.4) is 0 Å². The van der Waals surface area contributed by atoms with Gasteiger partial charge >= 0.3 is 5.97 Å². The fourth-order valence-electron chi connectivity index (χ4n) is 1.80. The summed E-state index contributed by atoms with van der Waals surface area (Å²) in [5.41, 5.74) is -0.0805. The van der Waals surface area contributed by atoms with Crippen LogP contribution in [0.2, 0.25) is 0 Å². The minimum atomic E-state index is -1.02. The van der Waals surface area contributed by atoms with E-state index in [4.69, 9.17) is 9.84 Å². The Hall–Kier alpha value is -1.69. The van der Waals surface area contributed by atoms with E-state index in [1.165, 1.54) is 12.4 Å². The molecule has 0 spiro atoms. The van der Waals surface area contributed by atoms with Crippen molar-refractivity contribution >= 4 is 11.9 Å². The molecule has 1 aliphatic rings. The Morgan fingerprint density at radius 3 is 2.65 bits per heavy atom. The molecule has 17 heavy (non-hydrogen) atoms. The monoisotopic (exact) mass is 237 g/mol. The molecule has 0 atom stereocenters. The quantitative estimate of drug-likeness (QED) is 0.819. The summed E-state index contributed by atoms with van der Waals surface area (Å²) in [6, 6.07) is 0. The van der Waals surface area contributed by atoms with Gasteiger partial charge in [-0.05, 0) is 13.8 Å². The van der Waals surface area contributed by atoms with E-state index in [-0.39, 0.29) is 11.1 Å². The third kappa shape index (κ3) is 2.36. The van der Waals surface area contributed by atoms with Gasteiger partial charge in [-0.1, -0.05) is 0 Å². The highest BCUT2D eigenvalue weighted by molar-refractivity contribution is 5.86. The number of anilines is 1. The molecule has 6 nitrogen and oxygen atoms in total. The van der Waals surface area contributed by atoms with Crippen LogP contribution in [0.1, 0.15) is 24.2 Å². The molecule has 0 aliphatic carbocycles. The second-order valence-corrected chi connectivity index (χ2v) is 4.59. The molecule has 0 bridgehead atoms. The average molecular weight is 237 g/mol. The first-order chi connectivity index (χ1) is 8.00. The van der Waals surface area contributed by atoms with E-state index in [0.29, 0.717) is 25.7 Å². The zero-order valence-corrected chi connectivity index (χ0v) is 9.88. The number of ether oxygens (including phenoxy) is 1. The molecular weight excluding hydrogens is 222 g/mol. The summed E-state index contributed by atoms with van der Waals surface area (Å²) in [6.07, 6.45) is 2.66. The first kappa shape index (κ1) is 11.8. The number of hydrogen-bond acceptors (Lipinski definition) is 5. The molecule has 0 unspecified atom stereocenters. The number of aromatic nitrogens is 2. The molecule has 2 rings (SSSR count). The van der Waals surface area contributed by atoms with Gasteiger partial charge in [0.05, 0.1) is 24.3 Å². The van der Waals surface area contributed by atoms with Gasteiger partial charge < -0.3 is 14.7 Å². The number of carboxylic acid groups (broad SMARTS) is 1. The zero-order valence-electron chi connectivity index (χ0n) is 9.88. The first-order valence-corrected chi connectivity index (χ1v) is 5.41. The van der Waals surface area contributed by atoms with Crippen LogP contribution >= 0.6 is 0 Å². The van der Waals surface area contributed by atoms with Gasteiger partial charge in [-0.25, -0.2) is 14.8 Å². The maximum Gasteiger partial charge on any atom is 0.338 e. The zero-order chi connectivity index (χ0) is 12.5. The number of aromatic carboxylic acids is 1. The highest BCUT2D eigenvalue weighted by Crippen LogP contribution is 2.23. The Kier molecular flexibility index (Phi) is 2.97. The van der Waals surface area contributed by atoms with E-state index in [2.05, 4.69) is 9.97 Å². The lowest BCUT2D eigenvalue weighted by Gasteiger charge is -2.42. The van der Waals surface area contributed by atoms with Gasteiger partial charge in [0.1, 0.15) is 0 Å². The minimum absolute atomic E-state index is 0.0971. The topological polar surface area (TPSA) is 75.5 Å². The highest BCUT2D eigenvalue weighted by atomic mass is 16.5. The van der Waals surface area contributed by atoms with Crippen LogP contribution in [-0.4, -0.2) is 46.3 Å². The van der Waals surface area contributed by atoms with Gasteiger partial charge in [0.25, 0.3) is 0 Å². The van der Waals surface area contributed by atoms with Crippen LogP contribution in [0.4, 0.5) is 5.95 Å². The van der Waals surface area contributed by atoms with Crippen LogP contribution < -0.4 is 4.90 Å². The molecule has 1 aromatic rings. The first-order valence-electron chi connectivity index (χ1n) is 5.41. The molecule has 2 heterocycles. The summed E-state index contributed by atoms with van der Waals surface area (Å²) in [5, 5.41) is 8.78. The molecule has 1 aromatic heterocycles. The highest BCUT2D eigenvalue weighted by Gasteiger charge is 2.32. The van der Waals surface area contributed by atoms with Gasteiger partial charge in [-0.15, -0.1) is 0 Å². The Morgan fingerprint density at radius 1 is 1.47 bits per heavy atom. The van der Waals surface area contributed by atoms with Gasteiger partial charge in [0.2, 0.25) is 5.95 Å². The largest absolute Gasteiger partial charge is 0.478 e. The lowest BCUT2D eigenvalue weighted by molar-refractivity contribution is 0.0633. The normalized spacial score (nSPS) is 19.1. The van der Waals surface area contributed by atoms with E-state index >= 15 is 0 Å². The standard InChI is InChI=1S/C11H15N3O3/c1-11(2)7-17-4-3-14(11)10-12-5-8(6-13-10)9(15)16/h5-6H,3-4,7H2,1-2H3,(H,15,16). The van der Waals surface area contributed by atoms with E-state index in [1.807, 2.05) is 18.7 Å². The van der Waals surface area contributed by atoms with Crippen molar-refractivity contribution in [2.75, 3.05) is 24.7 Å². The molecule has 0 amide bonds. The Bertz CT molecular complexity index is 416. The summed E-state index contributed by atoms with van der Waals surface area (Å²) >= 11 is 0. The molecular formula is C11H15N3O3. The van der Waals surface area contributed by atoms with Gasteiger partial charge in [0.15, 0.2) is 0 Å². The molecule has 1 saturated heterocycles. The smallest absolute Gasteiger partial charge is 0.338 e. The summed E-state index contributed by atoms with van der Waals surface area (Å²) in [6.45, 7) is 6.03.